The first-order valence-electron chi connectivity index (χ1n) is 8.44. The Kier molecular flexibility index (Phi) is 5.01. The van der Waals surface area contributed by atoms with E-state index in [1.165, 1.54) is 19.3 Å². The number of hydrogen-bond donors (Lipinski definition) is 1. The summed E-state index contributed by atoms with van der Waals surface area (Å²) in [6.45, 7) is -0.430. The minimum atomic E-state index is -4.42. The summed E-state index contributed by atoms with van der Waals surface area (Å²) >= 11 is 0. The third-order valence-corrected chi connectivity index (χ3v) is 5.17. The molecule has 3 rings (SSSR count). The van der Waals surface area contributed by atoms with Crippen molar-refractivity contribution < 1.29 is 27.5 Å². The fourth-order valence-electron chi connectivity index (χ4n) is 3.99. The van der Waals surface area contributed by atoms with E-state index in [9.17, 15) is 22.8 Å². The molecule has 136 valence electrons. The second-order valence-corrected chi connectivity index (χ2v) is 6.92. The Bertz CT molecular complexity index is 642. The zero-order chi connectivity index (χ0) is 18.0. The third-order valence-electron chi connectivity index (χ3n) is 5.17. The van der Waals surface area contributed by atoms with Crippen molar-refractivity contribution in [1.82, 2.24) is 0 Å². The van der Waals surface area contributed by atoms with Gasteiger partial charge in [0.2, 0.25) is 0 Å². The standard InChI is InChI=1S/C18H20F3NO3/c19-18(20,21)14-3-5-15(6-4-14)22-16(23)10-25-17(24)9-13-8-11-1-2-12(13)7-11/h3-6,11-13H,1-2,7-10H2,(H,22,23)/t11-,12-,13+/m1/s1. The number of hydrogen-bond acceptors (Lipinski definition) is 3. The van der Waals surface area contributed by atoms with Gasteiger partial charge in [0, 0.05) is 12.1 Å². The minimum Gasteiger partial charge on any atom is -0.456 e. The number of ether oxygens (including phenoxy) is 1. The molecule has 2 bridgehead atoms. The molecule has 0 unspecified atom stereocenters. The normalized spacial score (nSPS) is 25.0. The maximum atomic E-state index is 12.5. The van der Waals surface area contributed by atoms with Gasteiger partial charge in [0.05, 0.1) is 5.56 Å². The number of nitrogens with one attached hydrogen (secondary N) is 1. The molecule has 2 aliphatic carbocycles. The molecule has 0 aliphatic heterocycles. The number of amides is 1. The lowest BCUT2D eigenvalue weighted by atomic mass is 9.86. The Labute approximate surface area is 143 Å². The molecule has 2 aliphatic rings. The molecule has 0 radical (unpaired) electrons. The fraction of sp³-hybridized carbons (Fsp3) is 0.556. The average molecular weight is 355 g/mol. The molecule has 7 heteroatoms. The number of benzene rings is 1. The highest BCUT2D eigenvalue weighted by atomic mass is 19.4. The van der Waals surface area contributed by atoms with Crippen molar-refractivity contribution in [3.63, 3.8) is 0 Å². The maximum absolute atomic E-state index is 12.5. The average Bonchev–Trinajstić information content (AvgIpc) is 3.15. The Morgan fingerprint density at radius 2 is 1.84 bits per heavy atom. The number of esters is 1. The highest BCUT2D eigenvalue weighted by Crippen LogP contribution is 2.49. The number of alkyl halides is 3. The smallest absolute Gasteiger partial charge is 0.416 e. The van der Waals surface area contributed by atoms with Crippen molar-refractivity contribution >= 4 is 17.6 Å². The topological polar surface area (TPSA) is 55.4 Å². The third kappa shape index (κ3) is 4.52. The van der Waals surface area contributed by atoms with Crippen LogP contribution in [0.25, 0.3) is 0 Å². The highest BCUT2D eigenvalue weighted by molar-refractivity contribution is 5.92. The van der Waals surface area contributed by atoms with Crippen LogP contribution in [0.5, 0.6) is 0 Å². The first-order valence-corrected chi connectivity index (χ1v) is 8.44. The van der Waals surface area contributed by atoms with Crippen LogP contribution in [0.4, 0.5) is 18.9 Å². The Morgan fingerprint density at radius 3 is 2.40 bits per heavy atom. The molecular formula is C18H20F3NO3. The lowest BCUT2D eigenvalue weighted by Crippen LogP contribution is -2.23. The van der Waals surface area contributed by atoms with E-state index in [-0.39, 0.29) is 11.7 Å². The van der Waals surface area contributed by atoms with E-state index in [1.807, 2.05) is 0 Å². The van der Waals surface area contributed by atoms with Gasteiger partial charge >= 0.3 is 12.1 Å². The van der Waals surface area contributed by atoms with Gasteiger partial charge in [-0.2, -0.15) is 13.2 Å². The number of fused-ring (bicyclic) bond motifs is 2. The molecule has 0 saturated heterocycles. The van der Waals surface area contributed by atoms with Crippen molar-refractivity contribution in [1.29, 1.82) is 0 Å². The summed E-state index contributed by atoms with van der Waals surface area (Å²) in [5, 5.41) is 2.41. The molecule has 2 fully saturated rings. The fourth-order valence-corrected chi connectivity index (χ4v) is 3.99. The molecule has 1 aromatic rings. The quantitative estimate of drug-likeness (QED) is 0.812. The van der Waals surface area contributed by atoms with Crippen molar-refractivity contribution in [2.45, 2.75) is 38.3 Å². The molecule has 0 aromatic heterocycles. The summed E-state index contributed by atoms with van der Waals surface area (Å²) in [4.78, 5) is 23.6. The molecule has 1 aromatic carbocycles. The van der Waals surface area contributed by atoms with Crippen molar-refractivity contribution in [2.75, 3.05) is 11.9 Å². The van der Waals surface area contributed by atoms with E-state index in [4.69, 9.17) is 4.74 Å². The van der Waals surface area contributed by atoms with Gasteiger partial charge in [-0.25, -0.2) is 0 Å². The Morgan fingerprint density at radius 1 is 1.12 bits per heavy atom. The van der Waals surface area contributed by atoms with Crippen LogP contribution in [0.2, 0.25) is 0 Å². The first-order chi connectivity index (χ1) is 11.8. The second kappa shape index (κ2) is 7.06. The van der Waals surface area contributed by atoms with Gasteiger partial charge in [0.15, 0.2) is 6.61 Å². The number of halogens is 3. The summed E-state index contributed by atoms with van der Waals surface area (Å²) in [7, 11) is 0. The Hall–Kier alpha value is -2.05. The van der Waals surface area contributed by atoms with E-state index in [1.54, 1.807) is 0 Å². The van der Waals surface area contributed by atoms with Crippen LogP contribution in [0, 0.1) is 17.8 Å². The van der Waals surface area contributed by atoms with E-state index >= 15 is 0 Å². The van der Waals surface area contributed by atoms with Gasteiger partial charge in [-0.3, -0.25) is 9.59 Å². The van der Waals surface area contributed by atoms with E-state index in [0.29, 0.717) is 18.3 Å². The minimum absolute atomic E-state index is 0.224. The molecule has 25 heavy (non-hydrogen) atoms. The molecule has 4 nitrogen and oxygen atoms in total. The first kappa shape index (κ1) is 17.8. The summed E-state index contributed by atoms with van der Waals surface area (Å²) < 4.78 is 42.4. The van der Waals surface area contributed by atoms with Crippen molar-refractivity contribution in [2.24, 2.45) is 17.8 Å². The maximum Gasteiger partial charge on any atom is 0.416 e. The van der Waals surface area contributed by atoms with Crippen LogP contribution in [0.1, 0.15) is 37.7 Å². The molecule has 1 N–H and O–H groups in total. The van der Waals surface area contributed by atoms with Crippen LogP contribution in [0.15, 0.2) is 24.3 Å². The predicted molar refractivity (Wildman–Crippen MR) is 84.6 cm³/mol. The monoisotopic (exact) mass is 355 g/mol. The van der Waals surface area contributed by atoms with Crippen LogP contribution in [-0.4, -0.2) is 18.5 Å². The summed E-state index contributed by atoms with van der Waals surface area (Å²) in [5.41, 5.74) is -0.565. The van der Waals surface area contributed by atoms with Crippen LogP contribution >= 0.6 is 0 Å². The lowest BCUT2D eigenvalue weighted by molar-refractivity contribution is -0.148. The molecular weight excluding hydrogens is 335 g/mol. The predicted octanol–water partition coefficient (Wildman–Crippen LogP) is 4.01. The van der Waals surface area contributed by atoms with Gasteiger partial charge in [-0.1, -0.05) is 6.42 Å². The van der Waals surface area contributed by atoms with Gasteiger partial charge in [-0.15, -0.1) is 0 Å². The second-order valence-electron chi connectivity index (χ2n) is 6.92. The zero-order valence-corrected chi connectivity index (χ0v) is 13.6. The molecule has 3 atom stereocenters. The van der Waals surface area contributed by atoms with Gasteiger partial charge < -0.3 is 10.1 Å². The Balaban J connectivity index is 1.41. The zero-order valence-electron chi connectivity index (χ0n) is 13.6. The SMILES string of the molecule is O=C(COC(=O)C[C@@H]1C[C@@H]2CC[C@@H]1C2)Nc1ccc(C(F)(F)F)cc1. The van der Waals surface area contributed by atoms with Crippen LogP contribution in [-0.2, 0) is 20.5 Å². The lowest BCUT2D eigenvalue weighted by Gasteiger charge is -2.20. The summed E-state index contributed by atoms with van der Waals surface area (Å²) in [6.07, 6.45) is 0.624. The molecule has 1 amide bonds. The van der Waals surface area contributed by atoms with Crippen LogP contribution < -0.4 is 5.32 Å². The number of anilines is 1. The van der Waals surface area contributed by atoms with Crippen molar-refractivity contribution in [3.05, 3.63) is 29.8 Å². The molecule has 0 heterocycles. The van der Waals surface area contributed by atoms with Gasteiger partial charge in [0.25, 0.3) is 5.91 Å². The van der Waals surface area contributed by atoms with E-state index < -0.39 is 24.3 Å². The molecule has 2 saturated carbocycles. The van der Waals surface area contributed by atoms with Crippen LogP contribution in [0.3, 0.4) is 0 Å². The number of rotatable bonds is 5. The van der Waals surface area contributed by atoms with Crippen molar-refractivity contribution in [3.8, 4) is 0 Å². The summed E-state index contributed by atoms with van der Waals surface area (Å²) in [6, 6.07) is 4.10. The number of carbonyl (C=O) groups is 2. The van der Waals surface area contributed by atoms with E-state index in [2.05, 4.69) is 5.32 Å². The largest absolute Gasteiger partial charge is 0.456 e. The van der Waals surface area contributed by atoms with Gasteiger partial charge in [0.1, 0.15) is 0 Å². The number of carbonyl (C=O) groups excluding carboxylic acids is 2. The highest BCUT2D eigenvalue weighted by Gasteiger charge is 2.40. The van der Waals surface area contributed by atoms with Gasteiger partial charge in [-0.05, 0) is 61.3 Å². The van der Waals surface area contributed by atoms with E-state index in [0.717, 1.165) is 36.6 Å². The molecule has 0 spiro atoms. The summed E-state index contributed by atoms with van der Waals surface area (Å²) in [5.74, 6) is 0.759.